The van der Waals surface area contributed by atoms with Gasteiger partial charge in [-0.2, -0.15) is 0 Å². The van der Waals surface area contributed by atoms with Gasteiger partial charge in [0.2, 0.25) is 5.91 Å². The van der Waals surface area contributed by atoms with E-state index in [1.807, 2.05) is 31.2 Å². The number of nitrogens with one attached hydrogen (secondary N) is 1. The number of rotatable bonds is 9. The van der Waals surface area contributed by atoms with Crippen molar-refractivity contribution in [2.45, 2.75) is 32.6 Å². The van der Waals surface area contributed by atoms with Crippen LogP contribution in [0.5, 0.6) is 5.75 Å². The van der Waals surface area contributed by atoms with Crippen molar-refractivity contribution in [1.82, 2.24) is 5.32 Å². The number of carboxylic acids is 1. The summed E-state index contributed by atoms with van der Waals surface area (Å²) >= 11 is 0. The van der Waals surface area contributed by atoms with Crippen molar-refractivity contribution in [3.63, 3.8) is 0 Å². The normalized spacial score (nSPS) is 10.1. The predicted octanol–water partition coefficient (Wildman–Crippen LogP) is 2.14. The van der Waals surface area contributed by atoms with Crippen molar-refractivity contribution < 1.29 is 19.4 Å². The van der Waals surface area contributed by atoms with E-state index in [2.05, 4.69) is 5.32 Å². The maximum absolute atomic E-state index is 11.4. The monoisotopic (exact) mass is 279 g/mol. The molecule has 5 nitrogen and oxygen atoms in total. The number of ether oxygens (including phenoxy) is 1. The number of carboxylic acid groups (broad SMARTS) is 1. The smallest absolute Gasteiger partial charge is 0.303 e. The van der Waals surface area contributed by atoms with Gasteiger partial charge in [-0.1, -0.05) is 12.1 Å². The maximum atomic E-state index is 11.4. The number of hydrogen-bond donors (Lipinski definition) is 2. The summed E-state index contributed by atoms with van der Waals surface area (Å²) < 4.78 is 5.54. The number of aliphatic carboxylic acids is 1. The SMILES string of the molecule is Cc1cccc(OCCCC(=O)NCCCC(=O)O)c1. The van der Waals surface area contributed by atoms with Crippen molar-refractivity contribution in [1.29, 1.82) is 0 Å². The van der Waals surface area contributed by atoms with Gasteiger partial charge >= 0.3 is 5.97 Å². The van der Waals surface area contributed by atoms with Crippen LogP contribution < -0.4 is 10.1 Å². The molecule has 0 atom stereocenters. The number of aryl methyl sites for hydroxylation is 1. The average Bonchev–Trinajstić information content (AvgIpc) is 2.40. The highest BCUT2D eigenvalue weighted by Crippen LogP contribution is 2.12. The molecular weight excluding hydrogens is 258 g/mol. The topological polar surface area (TPSA) is 75.6 Å². The van der Waals surface area contributed by atoms with Gasteiger partial charge in [-0.15, -0.1) is 0 Å². The third kappa shape index (κ3) is 7.41. The van der Waals surface area contributed by atoms with Crippen molar-refractivity contribution in [2.75, 3.05) is 13.2 Å². The van der Waals surface area contributed by atoms with Gasteiger partial charge in [0.05, 0.1) is 6.61 Å². The highest BCUT2D eigenvalue weighted by molar-refractivity contribution is 5.75. The summed E-state index contributed by atoms with van der Waals surface area (Å²) in [7, 11) is 0. The van der Waals surface area contributed by atoms with Gasteiger partial charge in [0.15, 0.2) is 0 Å². The first kappa shape index (κ1) is 16.0. The number of benzene rings is 1. The molecule has 2 N–H and O–H groups in total. The number of hydrogen-bond acceptors (Lipinski definition) is 3. The number of amides is 1. The lowest BCUT2D eigenvalue weighted by atomic mass is 10.2. The quantitative estimate of drug-likeness (QED) is 0.679. The molecular formula is C15H21NO4. The second kappa shape index (κ2) is 8.96. The summed E-state index contributed by atoms with van der Waals surface area (Å²) in [6, 6.07) is 7.77. The summed E-state index contributed by atoms with van der Waals surface area (Å²) in [5.74, 6) is -0.0964. The summed E-state index contributed by atoms with van der Waals surface area (Å²) in [5.41, 5.74) is 1.14. The Morgan fingerprint density at radius 3 is 2.75 bits per heavy atom. The van der Waals surface area contributed by atoms with Crippen LogP contribution in [0, 0.1) is 6.92 Å². The molecule has 1 rings (SSSR count). The molecule has 5 heteroatoms. The van der Waals surface area contributed by atoms with E-state index in [1.54, 1.807) is 0 Å². The number of carbonyl (C=O) groups is 2. The van der Waals surface area contributed by atoms with Gasteiger partial charge in [-0.3, -0.25) is 9.59 Å². The van der Waals surface area contributed by atoms with E-state index >= 15 is 0 Å². The van der Waals surface area contributed by atoms with Crippen LogP contribution in [0.2, 0.25) is 0 Å². The van der Waals surface area contributed by atoms with E-state index < -0.39 is 5.97 Å². The molecule has 0 unspecified atom stereocenters. The molecule has 0 saturated heterocycles. The molecule has 0 heterocycles. The van der Waals surface area contributed by atoms with Gasteiger partial charge in [0.25, 0.3) is 0 Å². The van der Waals surface area contributed by atoms with Crippen LogP contribution in [0.25, 0.3) is 0 Å². The van der Waals surface area contributed by atoms with E-state index in [4.69, 9.17) is 9.84 Å². The minimum Gasteiger partial charge on any atom is -0.494 e. The van der Waals surface area contributed by atoms with Crippen LogP contribution in [0.3, 0.4) is 0 Å². The number of carbonyl (C=O) groups excluding carboxylic acids is 1. The molecule has 0 aliphatic heterocycles. The molecule has 0 spiro atoms. The van der Waals surface area contributed by atoms with E-state index in [1.165, 1.54) is 0 Å². The molecule has 0 aromatic heterocycles. The van der Waals surface area contributed by atoms with Crippen molar-refractivity contribution in [2.24, 2.45) is 0 Å². The van der Waals surface area contributed by atoms with Gasteiger partial charge in [0.1, 0.15) is 5.75 Å². The average molecular weight is 279 g/mol. The summed E-state index contributed by atoms with van der Waals surface area (Å²) in [4.78, 5) is 21.7. The van der Waals surface area contributed by atoms with Crippen LogP contribution in [0.4, 0.5) is 0 Å². The van der Waals surface area contributed by atoms with Gasteiger partial charge in [-0.25, -0.2) is 0 Å². The van der Waals surface area contributed by atoms with Crippen LogP contribution in [-0.2, 0) is 9.59 Å². The molecule has 1 aromatic rings. The Balaban J connectivity index is 2.06. The summed E-state index contributed by atoms with van der Waals surface area (Å²) in [5, 5.41) is 11.1. The molecule has 0 aliphatic rings. The third-order valence-electron chi connectivity index (χ3n) is 2.70. The Morgan fingerprint density at radius 1 is 1.25 bits per heavy atom. The van der Waals surface area contributed by atoms with Crippen LogP contribution in [0.15, 0.2) is 24.3 Å². The second-order valence-corrected chi connectivity index (χ2v) is 4.62. The Bertz CT molecular complexity index is 445. The van der Waals surface area contributed by atoms with E-state index in [9.17, 15) is 9.59 Å². The highest BCUT2D eigenvalue weighted by Gasteiger charge is 2.02. The lowest BCUT2D eigenvalue weighted by molar-refractivity contribution is -0.137. The molecule has 110 valence electrons. The van der Waals surface area contributed by atoms with Gasteiger partial charge in [0, 0.05) is 19.4 Å². The zero-order chi connectivity index (χ0) is 14.8. The first-order valence-corrected chi connectivity index (χ1v) is 6.76. The lowest BCUT2D eigenvalue weighted by Crippen LogP contribution is -2.25. The first-order chi connectivity index (χ1) is 9.58. The van der Waals surface area contributed by atoms with Crippen LogP contribution >= 0.6 is 0 Å². The van der Waals surface area contributed by atoms with Crippen molar-refractivity contribution in [3.05, 3.63) is 29.8 Å². The Morgan fingerprint density at radius 2 is 2.05 bits per heavy atom. The molecule has 0 aliphatic carbocycles. The highest BCUT2D eigenvalue weighted by atomic mass is 16.5. The molecule has 1 amide bonds. The summed E-state index contributed by atoms with van der Waals surface area (Å²) in [6.07, 6.45) is 1.56. The minimum atomic E-state index is -0.842. The molecule has 1 aromatic carbocycles. The fourth-order valence-electron chi connectivity index (χ4n) is 1.68. The van der Waals surface area contributed by atoms with Crippen LogP contribution in [-0.4, -0.2) is 30.1 Å². The first-order valence-electron chi connectivity index (χ1n) is 6.76. The van der Waals surface area contributed by atoms with Gasteiger partial charge in [-0.05, 0) is 37.5 Å². The van der Waals surface area contributed by atoms with Crippen molar-refractivity contribution >= 4 is 11.9 Å². The van der Waals surface area contributed by atoms with Crippen molar-refractivity contribution in [3.8, 4) is 5.75 Å². The summed E-state index contributed by atoms with van der Waals surface area (Å²) in [6.45, 7) is 2.90. The predicted molar refractivity (Wildman–Crippen MR) is 75.8 cm³/mol. The molecule has 0 bridgehead atoms. The maximum Gasteiger partial charge on any atom is 0.303 e. The second-order valence-electron chi connectivity index (χ2n) is 4.62. The lowest BCUT2D eigenvalue weighted by Gasteiger charge is -2.07. The Hall–Kier alpha value is -2.04. The largest absolute Gasteiger partial charge is 0.494 e. The fraction of sp³-hybridized carbons (Fsp3) is 0.467. The zero-order valence-electron chi connectivity index (χ0n) is 11.7. The van der Waals surface area contributed by atoms with E-state index in [0.29, 0.717) is 32.4 Å². The Labute approximate surface area is 118 Å². The molecule has 0 fully saturated rings. The molecule has 0 radical (unpaired) electrons. The van der Waals surface area contributed by atoms with Gasteiger partial charge < -0.3 is 15.2 Å². The molecule has 20 heavy (non-hydrogen) atoms. The Kier molecular flexibility index (Phi) is 7.17. The van der Waals surface area contributed by atoms with E-state index in [0.717, 1.165) is 11.3 Å². The third-order valence-corrected chi connectivity index (χ3v) is 2.70. The standard InChI is InChI=1S/C15H21NO4/c1-12-5-2-6-13(11-12)20-10-4-7-14(17)16-9-3-8-15(18)19/h2,5-6,11H,3-4,7-10H2,1H3,(H,16,17)(H,18,19). The van der Waals surface area contributed by atoms with E-state index in [-0.39, 0.29) is 12.3 Å². The minimum absolute atomic E-state index is 0.0665. The zero-order valence-corrected chi connectivity index (χ0v) is 11.7. The fourth-order valence-corrected chi connectivity index (χ4v) is 1.68. The molecule has 0 saturated carbocycles. The van der Waals surface area contributed by atoms with Crippen LogP contribution in [0.1, 0.15) is 31.2 Å².